The Labute approximate surface area is 76.4 Å². The van der Waals surface area contributed by atoms with E-state index >= 15 is 0 Å². The van der Waals surface area contributed by atoms with Crippen LogP contribution in [0, 0.1) is 11.8 Å². The van der Waals surface area contributed by atoms with E-state index in [0.717, 1.165) is 18.4 Å². The molecule has 0 aromatic carbocycles. The Kier molecular flexibility index (Phi) is 4.79. The van der Waals surface area contributed by atoms with E-state index in [1.807, 2.05) is 11.9 Å². The van der Waals surface area contributed by atoms with Gasteiger partial charge in [0.2, 0.25) is 0 Å². The standard InChI is InChI=1S/C10H22N2/c1-8(2)9(3)6-7-12(5)10(4)11/h8-9H,4,6-7,11H2,1-3,5H3. The lowest BCUT2D eigenvalue weighted by Crippen LogP contribution is -2.25. The molecule has 0 amide bonds. The van der Waals surface area contributed by atoms with Gasteiger partial charge in [0.25, 0.3) is 0 Å². The third kappa shape index (κ3) is 4.27. The maximum Gasteiger partial charge on any atom is 0.0909 e. The predicted molar refractivity (Wildman–Crippen MR) is 54.6 cm³/mol. The number of nitrogens with zero attached hydrogens (tertiary/aromatic N) is 1. The molecule has 0 heterocycles. The van der Waals surface area contributed by atoms with Gasteiger partial charge in [-0.1, -0.05) is 27.4 Å². The Balaban J connectivity index is 3.61. The van der Waals surface area contributed by atoms with Crippen LogP contribution in [0.2, 0.25) is 0 Å². The second kappa shape index (κ2) is 5.07. The van der Waals surface area contributed by atoms with E-state index in [0.29, 0.717) is 5.82 Å². The Morgan fingerprint density at radius 2 is 1.92 bits per heavy atom. The van der Waals surface area contributed by atoms with Gasteiger partial charge in [0.15, 0.2) is 0 Å². The van der Waals surface area contributed by atoms with Crippen molar-refractivity contribution in [1.82, 2.24) is 4.90 Å². The number of rotatable bonds is 5. The third-order valence-electron chi connectivity index (χ3n) is 2.55. The molecule has 2 heteroatoms. The molecule has 0 radical (unpaired) electrons. The minimum Gasteiger partial charge on any atom is -0.386 e. The first-order chi connectivity index (χ1) is 5.45. The molecule has 0 saturated carbocycles. The molecular weight excluding hydrogens is 148 g/mol. The molecule has 2 N–H and O–H groups in total. The first-order valence-corrected chi connectivity index (χ1v) is 4.60. The lowest BCUT2D eigenvalue weighted by Gasteiger charge is -2.22. The lowest BCUT2D eigenvalue weighted by molar-refractivity contribution is 0.320. The summed E-state index contributed by atoms with van der Waals surface area (Å²) in [7, 11) is 1.98. The van der Waals surface area contributed by atoms with Crippen LogP contribution in [0.3, 0.4) is 0 Å². The minimum absolute atomic E-state index is 0.658. The molecule has 0 bridgehead atoms. The molecule has 12 heavy (non-hydrogen) atoms. The van der Waals surface area contributed by atoms with Gasteiger partial charge in [0.05, 0.1) is 5.82 Å². The highest BCUT2D eigenvalue weighted by atomic mass is 15.2. The quantitative estimate of drug-likeness (QED) is 0.684. The minimum atomic E-state index is 0.658. The largest absolute Gasteiger partial charge is 0.386 e. The summed E-state index contributed by atoms with van der Waals surface area (Å²) in [6, 6.07) is 0. The fourth-order valence-corrected chi connectivity index (χ4v) is 0.874. The zero-order valence-corrected chi connectivity index (χ0v) is 8.80. The van der Waals surface area contributed by atoms with E-state index in [-0.39, 0.29) is 0 Å². The average Bonchev–Trinajstić information content (AvgIpc) is 1.98. The van der Waals surface area contributed by atoms with Gasteiger partial charge in [0.1, 0.15) is 0 Å². The lowest BCUT2D eigenvalue weighted by atomic mass is 9.95. The zero-order chi connectivity index (χ0) is 9.72. The van der Waals surface area contributed by atoms with Crippen molar-refractivity contribution in [2.45, 2.75) is 27.2 Å². The fraction of sp³-hybridized carbons (Fsp3) is 0.800. The van der Waals surface area contributed by atoms with Gasteiger partial charge in [0, 0.05) is 13.6 Å². The van der Waals surface area contributed by atoms with E-state index in [1.54, 1.807) is 0 Å². The molecule has 1 unspecified atom stereocenters. The molecule has 0 saturated heterocycles. The van der Waals surface area contributed by atoms with E-state index in [2.05, 4.69) is 27.4 Å². The third-order valence-corrected chi connectivity index (χ3v) is 2.55. The molecule has 0 aliphatic carbocycles. The summed E-state index contributed by atoms with van der Waals surface area (Å²) in [5.41, 5.74) is 5.53. The maximum atomic E-state index is 5.53. The Morgan fingerprint density at radius 1 is 1.42 bits per heavy atom. The zero-order valence-electron chi connectivity index (χ0n) is 8.80. The Hall–Kier alpha value is -0.660. The summed E-state index contributed by atoms with van der Waals surface area (Å²) in [4.78, 5) is 2.00. The molecule has 0 fully saturated rings. The summed E-state index contributed by atoms with van der Waals surface area (Å²) < 4.78 is 0. The van der Waals surface area contributed by atoms with E-state index in [9.17, 15) is 0 Å². The van der Waals surface area contributed by atoms with E-state index < -0.39 is 0 Å². The van der Waals surface area contributed by atoms with E-state index in [1.165, 1.54) is 6.42 Å². The topological polar surface area (TPSA) is 29.3 Å². The summed E-state index contributed by atoms with van der Waals surface area (Å²) in [6.07, 6.45) is 1.18. The van der Waals surface area contributed by atoms with Crippen LogP contribution in [0.15, 0.2) is 12.4 Å². The van der Waals surface area contributed by atoms with Crippen LogP contribution in [-0.2, 0) is 0 Å². The summed E-state index contributed by atoms with van der Waals surface area (Å²) in [5, 5.41) is 0. The summed E-state index contributed by atoms with van der Waals surface area (Å²) in [5.74, 6) is 2.17. The van der Waals surface area contributed by atoms with Crippen LogP contribution in [0.1, 0.15) is 27.2 Å². The van der Waals surface area contributed by atoms with Crippen molar-refractivity contribution in [3.8, 4) is 0 Å². The SMILES string of the molecule is C=C(N)N(C)CCC(C)C(C)C. The molecule has 1 atom stereocenters. The smallest absolute Gasteiger partial charge is 0.0909 e. The molecule has 0 aliphatic rings. The van der Waals surface area contributed by atoms with Crippen LogP contribution in [0.5, 0.6) is 0 Å². The normalized spacial score (nSPS) is 13.1. The average molecular weight is 170 g/mol. The molecule has 0 aromatic rings. The van der Waals surface area contributed by atoms with Crippen molar-refractivity contribution in [2.75, 3.05) is 13.6 Å². The Bertz CT molecular complexity index is 141. The van der Waals surface area contributed by atoms with Crippen LogP contribution in [-0.4, -0.2) is 18.5 Å². The van der Waals surface area contributed by atoms with E-state index in [4.69, 9.17) is 5.73 Å². The molecule has 0 aromatic heterocycles. The maximum absolute atomic E-state index is 5.53. The van der Waals surface area contributed by atoms with Crippen molar-refractivity contribution in [3.63, 3.8) is 0 Å². The first-order valence-electron chi connectivity index (χ1n) is 4.60. The van der Waals surface area contributed by atoms with Crippen molar-refractivity contribution in [3.05, 3.63) is 12.4 Å². The van der Waals surface area contributed by atoms with Crippen molar-refractivity contribution in [1.29, 1.82) is 0 Å². The predicted octanol–water partition coefficient (Wildman–Crippen LogP) is 2.03. The van der Waals surface area contributed by atoms with Gasteiger partial charge in [-0.25, -0.2) is 0 Å². The number of hydrogen-bond acceptors (Lipinski definition) is 2. The second-order valence-corrected chi connectivity index (χ2v) is 3.92. The van der Waals surface area contributed by atoms with Gasteiger partial charge in [-0.05, 0) is 18.3 Å². The van der Waals surface area contributed by atoms with Crippen LogP contribution < -0.4 is 5.73 Å². The Morgan fingerprint density at radius 3 is 2.25 bits per heavy atom. The van der Waals surface area contributed by atoms with Gasteiger partial charge in [-0.3, -0.25) is 0 Å². The summed E-state index contributed by atoms with van der Waals surface area (Å²) in [6.45, 7) is 11.5. The highest BCUT2D eigenvalue weighted by Gasteiger charge is 2.07. The van der Waals surface area contributed by atoms with Gasteiger partial charge in [-0.2, -0.15) is 0 Å². The van der Waals surface area contributed by atoms with Crippen LogP contribution in [0.25, 0.3) is 0 Å². The monoisotopic (exact) mass is 170 g/mol. The van der Waals surface area contributed by atoms with Crippen molar-refractivity contribution >= 4 is 0 Å². The van der Waals surface area contributed by atoms with Crippen molar-refractivity contribution in [2.24, 2.45) is 17.6 Å². The second-order valence-electron chi connectivity index (χ2n) is 3.92. The highest BCUT2D eigenvalue weighted by Crippen LogP contribution is 2.14. The number of nitrogens with two attached hydrogens (primary N) is 1. The van der Waals surface area contributed by atoms with Gasteiger partial charge < -0.3 is 10.6 Å². The molecule has 0 spiro atoms. The number of hydrogen-bond donors (Lipinski definition) is 1. The van der Waals surface area contributed by atoms with Crippen LogP contribution in [0.4, 0.5) is 0 Å². The van der Waals surface area contributed by atoms with Gasteiger partial charge >= 0.3 is 0 Å². The highest BCUT2D eigenvalue weighted by molar-refractivity contribution is 4.84. The molecule has 0 aliphatic heterocycles. The first kappa shape index (κ1) is 11.3. The molecular formula is C10H22N2. The molecule has 72 valence electrons. The fourth-order valence-electron chi connectivity index (χ4n) is 0.874. The molecule has 2 nitrogen and oxygen atoms in total. The summed E-state index contributed by atoms with van der Waals surface area (Å²) >= 11 is 0. The molecule has 0 rings (SSSR count). The van der Waals surface area contributed by atoms with Crippen LogP contribution >= 0.6 is 0 Å². The van der Waals surface area contributed by atoms with Gasteiger partial charge in [-0.15, -0.1) is 0 Å². The van der Waals surface area contributed by atoms with Crippen molar-refractivity contribution < 1.29 is 0 Å².